The molecule has 1 fully saturated rings. The van der Waals surface area contributed by atoms with Crippen molar-refractivity contribution in [1.29, 1.82) is 0 Å². The molecule has 1 heterocycles. The van der Waals surface area contributed by atoms with Gasteiger partial charge in [0.05, 0.1) is 4.75 Å². The van der Waals surface area contributed by atoms with E-state index >= 15 is 0 Å². The predicted molar refractivity (Wildman–Crippen MR) is 113 cm³/mol. The maximum absolute atomic E-state index is 11.7. The third-order valence-electron chi connectivity index (χ3n) is 4.55. The predicted octanol–water partition coefficient (Wildman–Crippen LogP) is 1.86. The number of rotatable bonds is 7. The fourth-order valence-corrected chi connectivity index (χ4v) is 2.85. The quantitative estimate of drug-likeness (QED) is 0.255. The van der Waals surface area contributed by atoms with Crippen LogP contribution in [0, 0.1) is 0 Å². The van der Waals surface area contributed by atoms with E-state index < -0.39 is 14.6 Å². The first-order valence-electron chi connectivity index (χ1n) is 8.63. The second kappa shape index (κ2) is 11.5. The highest BCUT2D eigenvalue weighted by atomic mass is 127. The van der Waals surface area contributed by atoms with E-state index in [2.05, 4.69) is 20.5 Å². The first kappa shape index (κ1) is 23.9. The molecule has 2 N–H and O–H groups in total. The van der Waals surface area contributed by atoms with Crippen molar-refractivity contribution in [2.75, 3.05) is 46.0 Å². The fourth-order valence-electron chi connectivity index (χ4n) is 2.52. The molecule has 1 aliphatic rings. The Balaban J connectivity index is 0.00000529. The van der Waals surface area contributed by atoms with Gasteiger partial charge in [-0.05, 0) is 52.7 Å². The van der Waals surface area contributed by atoms with Crippen molar-refractivity contribution in [1.82, 2.24) is 15.5 Å². The van der Waals surface area contributed by atoms with Crippen molar-refractivity contribution in [3.8, 4) is 0 Å². The average Bonchev–Trinajstić information content (AvgIpc) is 2.74. The molecule has 0 spiro atoms. The number of sulfone groups is 1. The van der Waals surface area contributed by atoms with Crippen LogP contribution in [0.25, 0.3) is 0 Å². The Morgan fingerprint density at radius 3 is 2.21 bits per heavy atom. The van der Waals surface area contributed by atoms with E-state index in [0.29, 0.717) is 12.5 Å². The van der Waals surface area contributed by atoms with Gasteiger partial charge in [-0.25, -0.2) is 8.42 Å². The minimum Gasteiger partial charge on any atom is -0.356 e. The van der Waals surface area contributed by atoms with Crippen LogP contribution in [0.3, 0.4) is 0 Å². The van der Waals surface area contributed by atoms with Gasteiger partial charge in [0.15, 0.2) is 15.8 Å². The number of likely N-dealkylation sites (tertiary alicyclic amines) is 1. The van der Waals surface area contributed by atoms with E-state index in [0.717, 1.165) is 19.5 Å². The minimum absolute atomic E-state index is 0. The van der Waals surface area contributed by atoms with Gasteiger partial charge in [0.2, 0.25) is 0 Å². The summed E-state index contributed by atoms with van der Waals surface area (Å²) in [5.74, 6) is 0.664. The highest BCUT2D eigenvalue weighted by Gasteiger charge is 2.30. The van der Waals surface area contributed by atoms with Gasteiger partial charge in [-0.3, -0.25) is 4.99 Å². The minimum atomic E-state index is -3.10. The Hall–Kier alpha value is -0.0900. The second-order valence-corrected chi connectivity index (χ2v) is 9.64. The Labute approximate surface area is 165 Å². The molecule has 144 valence electrons. The van der Waals surface area contributed by atoms with Crippen LogP contribution in [-0.4, -0.2) is 70.1 Å². The summed E-state index contributed by atoms with van der Waals surface area (Å²) in [4.78, 5) is 6.70. The maximum Gasteiger partial charge on any atom is 0.191 e. The number of hydrogen-bond acceptors (Lipinski definition) is 4. The maximum atomic E-state index is 11.7. The van der Waals surface area contributed by atoms with E-state index in [1.165, 1.54) is 45.0 Å². The van der Waals surface area contributed by atoms with E-state index in [1.54, 1.807) is 20.9 Å². The van der Waals surface area contributed by atoms with Gasteiger partial charge in [0.25, 0.3) is 0 Å². The summed E-state index contributed by atoms with van der Waals surface area (Å²) in [5.41, 5.74) is 0. The van der Waals surface area contributed by atoms with Crippen molar-refractivity contribution < 1.29 is 8.42 Å². The summed E-state index contributed by atoms with van der Waals surface area (Å²) in [7, 11) is -1.40. The molecule has 0 aromatic rings. The van der Waals surface area contributed by atoms with Crippen LogP contribution in [-0.2, 0) is 9.84 Å². The standard InChI is InChI=1S/C16H34N4O2S.HI/c1-16(2,23(4,21)22)14-19-15(17-3)18-10-9-13-20-11-7-5-6-8-12-20;/h5-14H2,1-4H3,(H2,17,18,19);1H. The van der Waals surface area contributed by atoms with Crippen LogP contribution in [0.5, 0.6) is 0 Å². The Morgan fingerprint density at radius 1 is 1.12 bits per heavy atom. The third-order valence-corrected chi connectivity index (χ3v) is 6.70. The summed E-state index contributed by atoms with van der Waals surface area (Å²) >= 11 is 0. The van der Waals surface area contributed by atoms with Gasteiger partial charge < -0.3 is 15.5 Å². The number of aliphatic imine (C=N–C) groups is 1. The highest BCUT2D eigenvalue weighted by Crippen LogP contribution is 2.13. The van der Waals surface area contributed by atoms with Gasteiger partial charge in [-0.2, -0.15) is 0 Å². The number of hydrogen-bond donors (Lipinski definition) is 2. The lowest BCUT2D eigenvalue weighted by atomic mass is 10.2. The monoisotopic (exact) mass is 474 g/mol. The molecule has 0 bridgehead atoms. The lowest BCUT2D eigenvalue weighted by molar-refractivity contribution is 0.282. The normalized spacial score (nSPS) is 17.8. The highest BCUT2D eigenvalue weighted by molar-refractivity contribution is 14.0. The molecule has 1 aliphatic heterocycles. The van der Waals surface area contributed by atoms with E-state index in [1.807, 2.05) is 0 Å². The summed E-state index contributed by atoms with van der Waals surface area (Å²) in [6.45, 7) is 8.18. The SMILES string of the molecule is CN=C(NCCCN1CCCCCC1)NCC(C)(C)S(C)(=O)=O.I. The third kappa shape index (κ3) is 8.84. The Bertz CT molecular complexity index is 472. The summed E-state index contributed by atoms with van der Waals surface area (Å²) in [6, 6.07) is 0. The lowest BCUT2D eigenvalue weighted by Gasteiger charge is -2.24. The number of halogens is 1. The van der Waals surface area contributed by atoms with Crippen molar-refractivity contribution in [3.05, 3.63) is 0 Å². The molecule has 0 aromatic heterocycles. The zero-order valence-electron chi connectivity index (χ0n) is 15.6. The lowest BCUT2D eigenvalue weighted by Crippen LogP contribution is -2.48. The molecule has 1 rings (SSSR count). The zero-order valence-corrected chi connectivity index (χ0v) is 18.7. The molecular weight excluding hydrogens is 439 g/mol. The number of nitrogens with zero attached hydrogens (tertiary/aromatic N) is 2. The first-order chi connectivity index (χ1) is 10.8. The molecule has 0 saturated carbocycles. The molecule has 0 amide bonds. The van der Waals surface area contributed by atoms with Gasteiger partial charge in [0, 0.05) is 26.4 Å². The summed E-state index contributed by atoms with van der Waals surface area (Å²) < 4.78 is 22.6. The van der Waals surface area contributed by atoms with Crippen molar-refractivity contribution in [2.45, 2.75) is 50.7 Å². The number of guanidine groups is 1. The van der Waals surface area contributed by atoms with Crippen molar-refractivity contribution in [3.63, 3.8) is 0 Å². The number of nitrogens with one attached hydrogen (secondary N) is 2. The molecule has 1 saturated heterocycles. The van der Waals surface area contributed by atoms with E-state index in [4.69, 9.17) is 0 Å². The van der Waals surface area contributed by atoms with Gasteiger partial charge in [0.1, 0.15) is 0 Å². The molecule has 0 aromatic carbocycles. The van der Waals surface area contributed by atoms with E-state index in [9.17, 15) is 8.42 Å². The second-order valence-electron chi connectivity index (χ2n) is 6.99. The van der Waals surface area contributed by atoms with Crippen LogP contribution in [0.15, 0.2) is 4.99 Å². The summed E-state index contributed by atoms with van der Waals surface area (Å²) in [5, 5.41) is 6.38. The fraction of sp³-hybridized carbons (Fsp3) is 0.938. The molecule has 0 aliphatic carbocycles. The molecule has 24 heavy (non-hydrogen) atoms. The van der Waals surface area contributed by atoms with E-state index in [-0.39, 0.29) is 24.0 Å². The van der Waals surface area contributed by atoms with Gasteiger partial charge in [-0.1, -0.05) is 12.8 Å². The topological polar surface area (TPSA) is 73.8 Å². The van der Waals surface area contributed by atoms with Crippen LogP contribution in [0.2, 0.25) is 0 Å². The average molecular weight is 474 g/mol. The smallest absolute Gasteiger partial charge is 0.191 e. The molecule has 0 unspecified atom stereocenters. The van der Waals surface area contributed by atoms with Gasteiger partial charge in [-0.15, -0.1) is 24.0 Å². The van der Waals surface area contributed by atoms with Crippen molar-refractivity contribution in [2.24, 2.45) is 4.99 Å². The summed E-state index contributed by atoms with van der Waals surface area (Å²) in [6.07, 6.45) is 7.69. The Kier molecular flexibility index (Phi) is 11.5. The largest absolute Gasteiger partial charge is 0.356 e. The Morgan fingerprint density at radius 2 is 1.71 bits per heavy atom. The molecular formula is C16H35IN4O2S. The molecule has 0 radical (unpaired) electrons. The van der Waals surface area contributed by atoms with Crippen molar-refractivity contribution >= 4 is 39.8 Å². The van der Waals surface area contributed by atoms with Crippen LogP contribution >= 0.6 is 24.0 Å². The molecule has 8 heteroatoms. The van der Waals surface area contributed by atoms with Crippen LogP contribution in [0.1, 0.15) is 46.0 Å². The zero-order chi connectivity index (χ0) is 17.3. The van der Waals surface area contributed by atoms with Crippen LogP contribution in [0.4, 0.5) is 0 Å². The van der Waals surface area contributed by atoms with Gasteiger partial charge >= 0.3 is 0 Å². The first-order valence-corrected chi connectivity index (χ1v) is 10.5. The molecule has 6 nitrogen and oxygen atoms in total. The molecule has 0 atom stereocenters. The van der Waals surface area contributed by atoms with Crippen LogP contribution < -0.4 is 10.6 Å².